The summed E-state index contributed by atoms with van der Waals surface area (Å²) < 4.78 is 24.8. The van der Waals surface area contributed by atoms with Crippen molar-refractivity contribution in [2.75, 3.05) is 44.7 Å². The second-order valence-electron chi connectivity index (χ2n) is 13.3. The molecule has 5 aromatic rings. The van der Waals surface area contributed by atoms with Crippen LogP contribution in [0.15, 0.2) is 84.0 Å². The number of nitrogens with zero attached hydrogens (tertiary/aromatic N) is 3. The van der Waals surface area contributed by atoms with E-state index in [1.54, 1.807) is 23.6 Å². The average Bonchev–Trinajstić information content (AvgIpc) is 3.76. The number of esters is 1. The molecule has 9 heteroatoms. The maximum atomic E-state index is 13.5. The van der Waals surface area contributed by atoms with Crippen LogP contribution >= 0.6 is 11.3 Å². The molecule has 242 valence electrons. The van der Waals surface area contributed by atoms with Gasteiger partial charge in [-0.1, -0.05) is 31.6 Å². The molecule has 1 N–H and O–H groups in total. The Bertz CT molecular complexity index is 1940. The number of halogens is 1. The van der Waals surface area contributed by atoms with E-state index < -0.39 is 5.97 Å². The number of carbonyl (C=O) groups is 1. The summed E-state index contributed by atoms with van der Waals surface area (Å²) in [7, 11) is 1.38. The topological polar surface area (TPSA) is 70.7 Å². The van der Waals surface area contributed by atoms with Gasteiger partial charge in [-0.25, -0.2) is 14.2 Å². The highest BCUT2D eigenvalue weighted by Gasteiger charge is 2.30. The molecule has 0 amide bonds. The molecule has 1 aliphatic carbocycles. The van der Waals surface area contributed by atoms with Crippen molar-refractivity contribution in [2.24, 2.45) is 5.41 Å². The number of hydrogen-bond acceptors (Lipinski definition) is 7. The van der Waals surface area contributed by atoms with E-state index in [1.807, 2.05) is 42.6 Å². The number of nitrogens with one attached hydrogen (secondary N) is 1. The molecule has 2 aromatic carbocycles. The minimum absolute atomic E-state index is 0.210. The van der Waals surface area contributed by atoms with E-state index >= 15 is 0 Å². The summed E-state index contributed by atoms with van der Waals surface area (Å²) in [5.41, 5.74) is 7.64. The number of rotatable bonds is 8. The van der Waals surface area contributed by atoms with Crippen molar-refractivity contribution in [1.82, 2.24) is 14.9 Å². The van der Waals surface area contributed by atoms with Gasteiger partial charge >= 0.3 is 5.97 Å². The summed E-state index contributed by atoms with van der Waals surface area (Å²) in [6.45, 7) is 9.33. The lowest BCUT2D eigenvalue weighted by Crippen LogP contribution is -2.47. The van der Waals surface area contributed by atoms with Crippen LogP contribution in [0.1, 0.15) is 48.3 Å². The quantitative estimate of drug-likeness (QED) is 0.169. The van der Waals surface area contributed by atoms with Crippen molar-refractivity contribution in [3.63, 3.8) is 0 Å². The lowest BCUT2D eigenvalue weighted by molar-refractivity contribution is 0.0598. The summed E-state index contributed by atoms with van der Waals surface area (Å²) in [5.74, 6) is 0.351. The molecule has 0 bridgehead atoms. The number of anilines is 1. The first-order chi connectivity index (χ1) is 22.7. The first-order valence-electron chi connectivity index (χ1n) is 16.1. The fourth-order valence-corrected chi connectivity index (χ4v) is 7.68. The molecule has 1 fully saturated rings. The number of pyridine rings is 1. The molecule has 0 spiro atoms. The SMILES string of the molecule is COC(=O)c1ccc(N2CCN(CC3=C(c4cc(-c5ccc(F)cc5)cs4)CC(C)(C)CC3)CC2)cc1Oc1cnc2[nH]ccc2c1. The van der Waals surface area contributed by atoms with Crippen LogP contribution in [0.25, 0.3) is 27.7 Å². The zero-order valence-corrected chi connectivity index (χ0v) is 27.8. The lowest BCUT2D eigenvalue weighted by atomic mass is 9.73. The fourth-order valence-electron chi connectivity index (χ4n) is 6.66. The fraction of sp³-hybridized carbons (Fsp3) is 0.316. The smallest absolute Gasteiger partial charge is 0.341 e. The van der Waals surface area contributed by atoms with Crippen molar-refractivity contribution in [3.8, 4) is 22.6 Å². The van der Waals surface area contributed by atoms with Crippen molar-refractivity contribution >= 4 is 39.6 Å². The zero-order valence-electron chi connectivity index (χ0n) is 27.0. The summed E-state index contributed by atoms with van der Waals surface area (Å²) in [5, 5.41) is 3.13. The number of benzene rings is 2. The van der Waals surface area contributed by atoms with Crippen LogP contribution < -0.4 is 9.64 Å². The van der Waals surface area contributed by atoms with E-state index in [1.165, 1.54) is 41.7 Å². The monoisotopic (exact) mass is 650 g/mol. The number of fused-ring (bicyclic) bond motifs is 1. The van der Waals surface area contributed by atoms with Crippen molar-refractivity contribution < 1.29 is 18.7 Å². The number of aromatic nitrogens is 2. The molecule has 0 radical (unpaired) electrons. The first-order valence-corrected chi connectivity index (χ1v) is 17.0. The minimum Gasteiger partial charge on any atom is -0.465 e. The molecule has 7 nitrogen and oxygen atoms in total. The van der Waals surface area contributed by atoms with E-state index in [0.717, 1.165) is 73.4 Å². The van der Waals surface area contributed by atoms with Gasteiger partial charge in [-0.05, 0) is 89.2 Å². The highest BCUT2D eigenvalue weighted by atomic mass is 32.1. The van der Waals surface area contributed by atoms with Crippen molar-refractivity contribution in [1.29, 1.82) is 0 Å². The number of piperazine rings is 1. The van der Waals surface area contributed by atoms with E-state index in [4.69, 9.17) is 9.47 Å². The number of thiophene rings is 1. The van der Waals surface area contributed by atoms with Crippen molar-refractivity contribution in [2.45, 2.75) is 33.1 Å². The summed E-state index contributed by atoms with van der Waals surface area (Å²) >= 11 is 1.80. The Labute approximate surface area is 278 Å². The number of aromatic amines is 1. The van der Waals surface area contributed by atoms with Crippen LogP contribution in [0.5, 0.6) is 11.5 Å². The molecular formula is C38H39FN4O3S. The van der Waals surface area contributed by atoms with Gasteiger partial charge < -0.3 is 19.4 Å². The van der Waals surface area contributed by atoms with Gasteiger partial charge in [0.2, 0.25) is 0 Å². The summed E-state index contributed by atoms with van der Waals surface area (Å²) in [6.07, 6.45) is 6.84. The largest absolute Gasteiger partial charge is 0.465 e. The van der Waals surface area contributed by atoms with E-state index in [9.17, 15) is 9.18 Å². The zero-order chi connectivity index (χ0) is 32.5. The molecular weight excluding hydrogens is 612 g/mol. The lowest BCUT2D eigenvalue weighted by Gasteiger charge is -2.39. The Balaban J connectivity index is 1.07. The molecule has 1 saturated heterocycles. The third kappa shape index (κ3) is 6.82. The normalized spacial score (nSPS) is 16.9. The molecule has 2 aliphatic rings. The van der Waals surface area contributed by atoms with Gasteiger partial charge in [0.1, 0.15) is 28.5 Å². The van der Waals surface area contributed by atoms with E-state index in [0.29, 0.717) is 17.1 Å². The van der Waals surface area contributed by atoms with Gasteiger partial charge in [-0.3, -0.25) is 4.90 Å². The third-order valence-electron chi connectivity index (χ3n) is 9.39. The van der Waals surface area contributed by atoms with Gasteiger partial charge in [0.25, 0.3) is 0 Å². The number of hydrogen-bond donors (Lipinski definition) is 1. The molecule has 0 atom stereocenters. The van der Waals surface area contributed by atoms with Crippen LogP contribution in [0.4, 0.5) is 10.1 Å². The van der Waals surface area contributed by atoms with E-state index in [-0.39, 0.29) is 11.2 Å². The van der Waals surface area contributed by atoms with Crippen LogP contribution in [-0.4, -0.2) is 60.7 Å². The molecule has 4 heterocycles. The van der Waals surface area contributed by atoms with Gasteiger partial charge in [0.05, 0.1) is 13.3 Å². The second-order valence-corrected chi connectivity index (χ2v) is 14.2. The Hall–Kier alpha value is -4.47. The maximum Gasteiger partial charge on any atom is 0.341 e. The predicted molar refractivity (Wildman–Crippen MR) is 187 cm³/mol. The number of carbonyl (C=O) groups excluding carboxylic acids is 1. The van der Waals surface area contributed by atoms with Gasteiger partial charge in [-0.2, -0.15) is 0 Å². The predicted octanol–water partition coefficient (Wildman–Crippen LogP) is 8.80. The minimum atomic E-state index is -0.442. The Kier molecular flexibility index (Phi) is 8.59. The molecule has 0 saturated carbocycles. The van der Waals surface area contributed by atoms with Crippen molar-refractivity contribution in [3.05, 3.63) is 100 Å². The second kappa shape index (κ2) is 13.0. The number of allylic oxidation sites excluding steroid dienone is 1. The number of H-pyrrole nitrogens is 1. The van der Waals surface area contributed by atoms with Crippen LogP contribution in [0, 0.1) is 11.2 Å². The molecule has 1 aliphatic heterocycles. The molecule has 47 heavy (non-hydrogen) atoms. The standard InChI is InChI=1S/C38H39FN4O3S/c1-38(2)12-10-27(33(21-38)35-19-28(24-47-35)25-4-6-29(39)7-5-25)23-42-14-16-43(17-15-42)30-8-9-32(37(44)45-3)34(20-30)46-31-18-26-11-13-40-36(26)41-22-31/h4-9,11,13,18-20,22,24H,10,12,14-17,21,23H2,1-3H3,(H,40,41). The molecule has 3 aromatic heterocycles. The molecule has 0 unspecified atom stereocenters. The van der Waals surface area contributed by atoms with Gasteiger partial charge in [0, 0.05) is 60.9 Å². The van der Waals surface area contributed by atoms with Crippen LogP contribution in [0.2, 0.25) is 0 Å². The van der Waals surface area contributed by atoms with Gasteiger partial charge in [-0.15, -0.1) is 11.3 Å². The summed E-state index contributed by atoms with van der Waals surface area (Å²) in [4.78, 5) is 26.4. The average molecular weight is 651 g/mol. The first kappa shape index (κ1) is 31.1. The Morgan fingerprint density at radius 3 is 2.62 bits per heavy atom. The number of ether oxygens (including phenoxy) is 2. The van der Waals surface area contributed by atoms with Gasteiger partial charge in [0.15, 0.2) is 0 Å². The maximum absolute atomic E-state index is 13.5. The molecule has 7 rings (SSSR count). The van der Waals surface area contributed by atoms with Crippen LogP contribution in [-0.2, 0) is 4.74 Å². The van der Waals surface area contributed by atoms with E-state index in [2.05, 4.69) is 45.1 Å². The highest BCUT2D eigenvalue weighted by molar-refractivity contribution is 7.11. The highest BCUT2D eigenvalue weighted by Crippen LogP contribution is 2.45. The summed E-state index contributed by atoms with van der Waals surface area (Å²) in [6, 6.07) is 18.6. The Morgan fingerprint density at radius 1 is 1.02 bits per heavy atom. The van der Waals surface area contributed by atoms with Crippen LogP contribution in [0.3, 0.4) is 0 Å². The number of methoxy groups -OCH3 is 1. The third-order valence-corrected chi connectivity index (χ3v) is 10.4. The Morgan fingerprint density at radius 2 is 1.83 bits per heavy atom.